The van der Waals surface area contributed by atoms with E-state index in [9.17, 15) is 5.26 Å². The van der Waals surface area contributed by atoms with Crippen LogP contribution in [0.1, 0.15) is 73.7 Å². The fourth-order valence-corrected chi connectivity index (χ4v) is 5.52. The van der Waals surface area contributed by atoms with E-state index in [1.807, 2.05) is 6.07 Å². The summed E-state index contributed by atoms with van der Waals surface area (Å²) in [6, 6.07) is 18.6. The third-order valence-corrected chi connectivity index (χ3v) is 7.62. The Kier molecular flexibility index (Phi) is 8.42. The van der Waals surface area contributed by atoms with Gasteiger partial charge in [0.15, 0.2) is 0 Å². The Bertz CT molecular complexity index is 939. The highest BCUT2D eigenvalue weighted by Crippen LogP contribution is 2.30. The van der Waals surface area contributed by atoms with Crippen LogP contribution in [0.4, 0.5) is 5.69 Å². The molecule has 1 saturated heterocycles. The van der Waals surface area contributed by atoms with E-state index in [0.29, 0.717) is 12.1 Å². The molecule has 0 spiro atoms. The molecule has 0 radical (unpaired) electrons. The lowest BCUT2D eigenvalue weighted by Gasteiger charge is -2.40. The number of unbranched alkanes of at least 4 members (excludes halogenated alkanes) is 2. The van der Waals surface area contributed by atoms with Crippen molar-refractivity contribution in [2.75, 3.05) is 38.0 Å². The van der Waals surface area contributed by atoms with Crippen molar-refractivity contribution in [1.29, 1.82) is 5.26 Å². The molecule has 1 fully saturated rings. The topological polar surface area (TPSA) is 42.3 Å². The number of rotatable bonds is 9. The van der Waals surface area contributed by atoms with Gasteiger partial charge in [0.25, 0.3) is 0 Å². The zero-order valence-corrected chi connectivity index (χ0v) is 20.5. The predicted molar refractivity (Wildman–Crippen MR) is 138 cm³/mol. The molecule has 0 bridgehead atoms. The van der Waals surface area contributed by atoms with Crippen LogP contribution in [0.2, 0.25) is 0 Å². The monoisotopic (exact) mass is 444 g/mol. The van der Waals surface area contributed by atoms with Gasteiger partial charge in [-0.15, -0.1) is 0 Å². The predicted octanol–water partition coefficient (Wildman–Crippen LogP) is 5.92. The summed E-state index contributed by atoms with van der Waals surface area (Å²) in [5, 5.41) is 13.1. The van der Waals surface area contributed by atoms with Crippen LogP contribution in [0.15, 0.2) is 42.5 Å². The van der Waals surface area contributed by atoms with E-state index in [4.69, 9.17) is 0 Å². The Morgan fingerprint density at radius 2 is 1.91 bits per heavy atom. The number of nitrogens with zero attached hydrogens (tertiary/aromatic N) is 3. The highest BCUT2D eigenvalue weighted by molar-refractivity contribution is 5.53. The van der Waals surface area contributed by atoms with Gasteiger partial charge >= 0.3 is 0 Å². The third kappa shape index (κ3) is 6.16. The molecule has 1 N–H and O–H groups in total. The van der Waals surface area contributed by atoms with Crippen molar-refractivity contribution < 1.29 is 0 Å². The molecule has 0 aromatic heterocycles. The van der Waals surface area contributed by atoms with Crippen LogP contribution in [0.25, 0.3) is 0 Å². The lowest BCUT2D eigenvalue weighted by Crippen LogP contribution is -2.48. The Hall–Kier alpha value is -2.35. The minimum absolute atomic E-state index is 0.474. The minimum atomic E-state index is 0.474. The molecular formula is C29H40N4. The summed E-state index contributed by atoms with van der Waals surface area (Å²) >= 11 is 0. The Morgan fingerprint density at radius 3 is 2.67 bits per heavy atom. The summed E-state index contributed by atoms with van der Waals surface area (Å²) in [6.45, 7) is 10.1. The fraction of sp³-hybridized carbons (Fsp3) is 0.552. The summed E-state index contributed by atoms with van der Waals surface area (Å²) in [7, 11) is 0. The molecule has 33 heavy (non-hydrogen) atoms. The van der Waals surface area contributed by atoms with E-state index < -0.39 is 0 Å². The summed E-state index contributed by atoms with van der Waals surface area (Å²) in [6.07, 6.45) is 8.71. The zero-order chi connectivity index (χ0) is 23.0. The van der Waals surface area contributed by atoms with E-state index in [-0.39, 0.29) is 0 Å². The molecule has 176 valence electrons. The molecule has 4 heteroatoms. The van der Waals surface area contributed by atoms with E-state index >= 15 is 0 Å². The maximum absolute atomic E-state index is 9.32. The van der Waals surface area contributed by atoms with Gasteiger partial charge in [0, 0.05) is 50.5 Å². The van der Waals surface area contributed by atoms with Crippen LogP contribution < -0.4 is 5.32 Å². The molecule has 0 amide bonds. The first-order chi connectivity index (χ1) is 16.2. The summed E-state index contributed by atoms with van der Waals surface area (Å²) < 4.78 is 0. The average Bonchev–Trinajstić information content (AvgIpc) is 2.86. The summed E-state index contributed by atoms with van der Waals surface area (Å²) in [4.78, 5) is 5.36. The normalized spacial score (nSPS) is 20.0. The van der Waals surface area contributed by atoms with Crippen molar-refractivity contribution in [3.63, 3.8) is 0 Å². The van der Waals surface area contributed by atoms with Crippen molar-refractivity contribution in [3.05, 3.63) is 64.7 Å². The van der Waals surface area contributed by atoms with Gasteiger partial charge in [0.2, 0.25) is 0 Å². The lowest BCUT2D eigenvalue weighted by molar-refractivity contribution is 0.0889. The number of hydrogen-bond donors (Lipinski definition) is 1. The maximum atomic E-state index is 9.32. The first-order valence-corrected chi connectivity index (χ1v) is 13.0. The molecular weight excluding hydrogens is 404 g/mol. The molecule has 4 rings (SSSR count). The Labute approximate surface area is 200 Å². The minimum Gasteiger partial charge on any atom is -0.382 e. The van der Waals surface area contributed by atoms with Crippen molar-refractivity contribution in [1.82, 2.24) is 9.80 Å². The molecule has 2 aromatic rings. The van der Waals surface area contributed by atoms with Gasteiger partial charge in [0.05, 0.1) is 11.6 Å². The number of para-hydroxylation sites is 1. The quantitative estimate of drug-likeness (QED) is 0.487. The highest BCUT2D eigenvalue weighted by atomic mass is 15.3. The van der Waals surface area contributed by atoms with Crippen LogP contribution >= 0.6 is 0 Å². The first-order valence-electron chi connectivity index (χ1n) is 13.0. The van der Waals surface area contributed by atoms with Gasteiger partial charge in [-0.3, -0.25) is 4.90 Å². The second-order valence-corrected chi connectivity index (χ2v) is 9.90. The number of benzene rings is 2. The first kappa shape index (κ1) is 23.8. The van der Waals surface area contributed by atoms with Crippen molar-refractivity contribution in [3.8, 4) is 6.07 Å². The molecule has 2 aromatic carbocycles. The number of hydrogen-bond acceptors (Lipinski definition) is 4. The summed E-state index contributed by atoms with van der Waals surface area (Å²) in [5.74, 6) is 0. The average molecular weight is 445 g/mol. The largest absolute Gasteiger partial charge is 0.382 e. The van der Waals surface area contributed by atoms with Gasteiger partial charge in [-0.25, -0.2) is 0 Å². The molecule has 2 heterocycles. The third-order valence-electron chi connectivity index (χ3n) is 7.62. The van der Waals surface area contributed by atoms with Crippen molar-refractivity contribution in [2.24, 2.45) is 0 Å². The second-order valence-electron chi connectivity index (χ2n) is 9.90. The SMILES string of the molecule is CCCCCC(c1ccc(C#N)c(C)c1)N1CCN(CCC2CCc3ccccc3N2)CC1. The molecule has 0 aliphatic carbocycles. The Morgan fingerprint density at radius 1 is 1.09 bits per heavy atom. The van der Waals surface area contributed by atoms with E-state index in [0.717, 1.165) is 37.3 Å². The van der Waals surface area contributed by atoms with Crippen LogP contribution in [-0.4, -0.2) is 48.6 Å². The number of nitriles is 1. The van der Waals surface area contributed by atoms with Crippen molar-refractivity contribution >= 4 is 5.69 Å². The van der Waals surface area contributed by atoms with Gasteiger partial charge in [-0.2, -0.15) is 5.26 Å². The van der Waals surface area contributed by atoms with E-state index in [1.54, 1.807) is 0 Å². The number of fused-ring (bicyclic) bond motifs is 1. The van der Waals surface area contributed by atoms with E-state index in [2.05, 4.69) is 71.4 Å². The molecule has 4 nitrogen and oxygen atoms in total. The number of nitrogens with one attached hydrogen (secondary N) is 1. The molecule has 2 unspecified atom stereocenters. The van der Waals surface area contributed by atoms with Crippen LogP contribution in [0.5, 0.6) is 0 Å². The number of anilines is 1. The molecule has 0 saturated carbocycles. The standard InChI is InChI=1S/C29H40N4/c1-3-4-5-10-29(25-11-12-26(22-30)23(2)21-25)33-19-17-32(18-20-33)16-15-27-14-13-24-8-6-7-9-28(24)31-27/h6-9,11-12,21,27,29,31H,3-5,10,13-20H2,1-2H3. The van der Waals surface area contributed by atoms with Crippen LogP contribution in [0.3, 0.4) is 0 Å². The lowest BCUT2D eigenvalue weighted by atomic mass is 9.95. The highest BCUT2D eigenvalue weighted by Gasteiger charge is 2.26. The fourth-order valence-electron chi connectivity index (χ4n) is 5.52. The maximum Gasteiger partial charge on any atom is 0.0994 e. The van der Waals surface area contributed by atoms with Crippen LogP contribution in [-0.2, 0) is 6.42 Å². The van der Waals surface area contributed by atoms with Gasteiger partial charge in [-0.05, 0) is 61.4 Å². The van der Waals surface area contributed by atoms with E-state index in [1.165, 1.54) is 68.3 Å². The number of piperazine rings is 1. The van der Waals surface area contributed by atoms with Gasteiger partial charge < -0.3 is 10.2 Å². The van der Waals surface area contributed by atoms with Crippen molar-refractivity contribution in [2.45, 2.75) is 70.9 Å². The Balaban J connectivity index is 1.30. The second kappa shape index (κ2) is 11.7. The smallest absolute Gasteiger partial charge is 0.0994 e. The van der Waals surface area contributed by atoms with Gasteiger partial charge in [-0.1, -0.05) is 56.5 Å². The summed E-state index contributed by atoms with van der Waals surface area (Å²) in [5.41, 5.74) is 6.10. The molecule has 2 atom stereocenters. The zero-order valence-electron chi connectivity index (χ0n) is 20.5. The number of aryl methyl sites for hydroxylation is 2. The molecule has 2 aliphatic heterocycles. The molecule has 2 aliphatic rings. The van der Waals surface area contributed by atoms with Gasteiger partial charge in [0.1, 0.15) is 0 Å². The van der Waals surface area contributed by atoms with Crippen LogP contribution in [0, 0.1) is 18.3 Å².